The Kier molecular flexibility index (Phi) is 62.7. The Balaban J connectivity index is 3.93. The standard InChI is InChI=1S/C71H126O6/c1-4-7-10-13-15-17-19-21-23-25-27-28-29-30-31-32-33-34-35-36-37-38-39-40-41-42-44-45-47-49-51-53-55-58-61-64-70(73)76-67-68(66-75-69(72)63-60-57-12-9-6-3)77-71(74)65-62-59-56-54-52-50-48-46-43-26-24-22-20-18-16-14-11-8-5-2/h8,11,16,18,22,24,43,46,50,52,56,59,68H,4-7,9-10,12-15,17,19-21,23,25-42,44-45,47-49,51,53-55,57-58,60-67H2,1-3H3/b11-8-,18-16-,24-22-,46-43-,52-50-,59-56-. The normalized spacial score (nSPS) is 12.5. The van der Waals surface area contributed by atoms with Gasteiger partial charge >= 0.3 is 17.9 Å². The Morgan fingerprint density at radius 3 is 0.766 bits per heavy atom. The second-order valence-corrected chi connectivity index (χ2v) is 22.4. The van der Waals surface area contributed by atoms with Gasteiger partial charge in [-0.15, -0.1) is 0 Å². The summed E-state index contributed by atoms with van der Waals surface area (Å²) < 4.78 is 16.7. The minimum atomic E-state index is -0.811. The third-order valence-electron chi connectivity index (χ3n) is 14.7. The van der Waals surface area contributed by atoms with Gasteiger partial charge < -0.3 is 14.2 Å². The fourth-order valence-electron chi connectivity index (χ4n) is 9.77. The lowest BCUT2D eigenvalue weighted by Gasteiger charge is -2.18. The Morgan fingerprint density at radius 2 is 0.506 bits per heavy atom. The van der Waals surface area contributed by atoms with E-state index in [4.69, 9.17) is 14.2 Å². The highest BCUT2D eigenvalue weighted by Gasteiger charge is 2.19. The van der Waals surface area contributed by atoms with E-state index in [1.165, 1.54) is 205 Å². The molecule has 0 bridgehead atoms. The van der Waals surface area contributed by atoms with E-state index in [1.54, 1.807) is 0 Å². The van der Waals surface area contributed by atoms with Crippen molar-refractivity contribution in [1.82, 2.24) is 0 Å². The van der Waals surface area contributed by atoms with Crippen LogP contribution in [0.1, 0.15) is 342 Å². The smallest absolute Gasteiger partial charge is 0.306 e. The van der Waals surface area contributed by atoms with E-state index >= 15 is 0 Å². The molecule has 6 heteroatoms. The summed E-state index contributed by atoms with van der Waals surface area (Å²) in [7, 11) is 0. The average molecular weight is 1080 g/mol. The molecule has 0 aliphatic rings. The van der Waals surface area contributed by atoms with Crippen LogP contribution in [-0.4, -0.2) is 37.2 Å². The van der Waals surface area contributed by atoms with Gasteiger partial charge in [-0.05, 0) is 57.8 Å². The molecule has 0 fully saturated rings. The molecule has 0 heterocycles. The van der Waals surface area contributed by atoms with Gasteiger partial charge in [-0.25, -0.2) is 0 Å². The lowest BCUT2D eigenvalue weighted by atomic mass is 10.0. The maximum atomic E-state index is 12.8. The fourth-order valence-corrected chi connectivity index (χ4v) is 9.77. The van der Waals surface area contributed by atoms with Gasteiger partial charge in [0.15, 0.2) is 6.10 Å². The molecule has 0 aliphatic carbocycles. The number of hydrogen-bond donors (Lipinski definition) is 0. The number of carbonyl (C=O) groups is 3. The number of esters is 3. The molecule has 0 saturated heterocycles. The molecule has 77 heavy (non-hydrogen) atoms. The molecule has 0 aromatic carbocycles. The zero-order valence-corrected chi connectivity index (χ0v) is 51.2. The molecule has 0 aromatic heterocycles. The van der Waals surface area contributed by atoms with E-state index in [2.05, 4.69) is 87.6 Å². The second-order valence-electron chi connectivity index (χ2n) is 22.4. The van der Waals surface area contributed by atoms with Crippen molar-refractivity contribution in [2.75, 3.05) is 13.2 Å². The summed E-state index contributed by atoms with van der Waals surface area (Å²) in [5.41, 5.74) is 0. The summed E-state index contributed by atoms with van der Waals surface area (Å²) >= 11 is 0. The summed E-state index contributed by atoms with van der Waals surface area (Å²) in [5.74, 6) is -0.992. The molecule has 0 N–H and O–H groups in total. The van der Waals surface area contributed by atoms with Gasteiger partial charge in [-0.2, -0.15) is 0 Å². The molecule has 0 aromatic rings. The monoisotopic (exact) mass is 1070 g/mol. The molecule has 1 unspecified atom stereocenters. The van der Waals surface area contributed by atoms with Gasteiger partial charge in [0.05, 0.1) is 0 Å². The lowest BCUT2D eigenvalue weighted by molar-refractivity contribution is -0.166. The van der Waals surface area contributed by atoms with Gasteiger partial charge in [0.1, 0.15) is 13.2 Å². The number of unbranched alkanes of at least 4 members (excludes halogenated alkanes) is 38. The molecule has 0 aliphatic heterocycles. The van der Waals surface area contributed by atoms with E-state index in [1.807, 2.05) is 6.08 Å². The van der Waals surface area contributed by atoms with Crippen molar-refractivity contribution in [2.24, 2.45) is 0 Å². The van der Waals surface area contributed by atoms with Gasteiger partial charge in [0.2, 0.25) is 0 Å². The third-order valence-corrected chi connectivity index (χ3v) is 14.7. The zero-order valence-electron chi connectivity index (χ0n) is 51.2. The summed E-state index contributed by atoms with van der Waals surface area (Å²) in [6, 6.07) is 0. The second kappa shape index (κ2) is 65.4. The summed E-state index contributed by atoms with van der Waals surface area (Å²) in [4.78, 5) is 37.8. The van der Waals surface area contributed by atoms with Crippen LogP contribution in [0.2, 0.25) is 0 Å². The van der Waals surface area contributed by atoms with Crippen molar-refractivity contribution in [3.8, 4) is 0 Å². The molecule has 6 nitrogen and oxygen atoms in total. The number of ether oxygens (including phenoxy) is 3. The van der Waals surface area contributed by atoms with E-state index < -0.39 is 12.1 Å². The van der Waals surface area contributed by atoms with Gasteiger partial charge in [0, 0.05) is 19.3 Å². The number of allylic oxidation sites excluding steroid dienone is 12. The first kappa shape index (κ1) is 73.8. The van der Waals surface area contributed by atoms with Gasteiger partial charge in [-0.3, -0.25) is 14.4 Å². The van der Waals surface area contributed by atoms with Crippen LogP contribution < -0.4 is 0 Å². The van der Waals surface area contributed by atoms with Crippen LogP contribution in [0.25, 0.3) is 0 Å². The molecule has 446 valence electrons. The third kappa shape index (κ3) is 63.6. The van der Waals surface area contributed by atoms with Crippen molar-refractivity contribution < 1.29 is 28.6 Å². The molecule has 0 rings (SSSR count). The Labute approximate surface area is 478 Å². The minimum Gasteiger partial charge on any atom is -0.462 e. The molecule has 0 saturated carbocycles. The van der Waals surface area contributed by atoms with Gasteiger partial charge in [-0.1, -0.05) is 338 Å². The largest absolute Gasteiger partial charge is 0.462 e. The van der Waals surface area contributed by atoms with Crippen LogP contribution in [-0.2, 0) is 28.6 Å². The maximum absolute atomic E-state index is 12.8. The van der Waals surface area contributed by atoms with Crippen LogP contribution in [0.4, 0.5) is 0 Å². The van der Waals surface area contributed by atoms with Crippen molar-refractivity contribution in [3.63, 3.8) is 0 Å². The number of hydrogen-bond acceptors (Lipinski definition) is 6. The van der Waals surface area contributed by atoms with Crippen molar-refractivity contribution >= 4 is 17.9 Å². The van der Waals surface area contributed by atoms with Crippen LogP contribution in [0.15, 0.2) is 72.9 Å². The fraction of sp³-hybridized carbons (Fsp3) is 0.789. The van der Waals surface area contributed by atoms with Crippen molar-refractivity contribution in [2.45, 2.75) is 348 Å². The quantitative estimate of drug-likeness (QED) is 0.0261. The van der Waals surface area contributed by atoms with Crippen LogP contribution >= 0.6 is 0 Å². The topological polar surface area (TPSA) is 78.9 Å². The number of rotatable bonds is 61. The predicted molar refractivity (Wildman–Crippen MR) is 335 cm³/mol. The van der Waals surface area contributed by atoms with E-state index in [9.17, 15) is 14.4 Å². The first-order valence-electron chi connectivity index (χ1n) is 33.4. The summed E-state index contributed by atoms with van der Waals surface area (Å²) in [5, 5.41) is 0. The molecular weight excluding hydrogens is 949 g/mol. The van der Waals surface area contributed by atoms with Gasteiger partial charge in [0.25, 0.3) is 0 Å². The maximum Gasteiger partial charge on any atom is 0.306 e. The lowest BCUT2D eigenvalue weighted by Crippen LogP contribution is -2.30. The Morgan fingerprint density at radius 1 is 0.273 bits per heavy atom. The van der Waals surface area contributed by atoms with Crippen LogP contribution in [0.3, 0.4) is 0 Å². The van der Waals surface area contributed by atoms with Crippen LogP contribution in [0.5, 0.6) is 0 Å². The zero-order chi connectivity index (χ0) is 55.7. The van der Waals surface area contributed by atoms with E-state index in [0.717, 1.165) is 89.9 Å². The van der Waals surface area contributed by atoms with E-state index in [0.29, 0.717) is 19.3 Å². The molecule has 0 amide bonds. The summed E-state index contributed by atoms with van der Waals surface area (Å²) in [6.07, 6.45) is 85.9. The highest BCUT2D eigenvalue weighted by molar-refractivity contribution is 5.71. The van der Waals surface area contributed by atoms with E-state index in [-0.39, 0.29) is 31.6 Å². The summed E-state index contributed by atoms with van der Waals surface area (Å²) in [6.45, 7) is 6.41. The molecule has 0 radical (unpaired) electrons. The Bertz CT molecular complexity index is 1420. The molecular formula is C71H126O6. The first-order valence-corrected chi connectivity index (χ1v) is 33.4. The highest BCUT2D eigenvalue weighted by Crippen LogP contribution is 2.18. The van der Waals surface area contributed by atoms with Crippen molar-refractivity contribution in [1.29, 1.82) is 0 Å². The minimum absolute atomic E-state index is 0.103. The molecule has 1 atom stereocenters. The SMILES string of the molecule is CC/C=C\C/C=C\C/C=C\C/C=C\C/C=C\C/C=C\CCC(=O)OC(COC(=O)CCCCCCC)COC(=O)CCCCCCCCCCCCCCCCCCCCCCCCCCCCCCCCCCCCC. The first-order chi connectivity index (χ1) is 38.0. The highest BCUT2D eigenvalue weighted by atomic mass is 16.6. The van der Waals surface area contributed by atoms with Crippen molar-refractivity contribution in [3.05, 3.63) is 72.9 Å². The molecule has 0 spiro atoms. The van der Waals surface area contributed by atoms with Crippen LogP contribution in [0, 0.1) is 0 Å². The predicted octanol–water partition coefficient (Wildman–Crippen LogP) is 22.9. The Hall–Kier alpha value is -3.15. The number of carbonyl (C=O) groups excluding carboxylic acids is 3. The average Bonchev–Trinajstić information content (AvgIpc) is 3.43.